The quantitative estimate of drug-likeness (QED) is 0.915. The van der Waals surface area contributed by atoms with Gasteiger partial charge in [0.2, 0.25) is 0 Å². The molecule has 0 saturated carbocycles. The first-order valence-electron chi connectivity index (χ1n) is 6.86. The van der Waals surface area contributed by atoms with Gasteiger partial charge in [-0.3, -0.25) is 0 Å². The zero-order valence-electron chi connectivity index (χ0n) is 12.5. The van der Waals surface area contributed by atoms with Gasteiger partial charge in [0.15, 0.2) is 0 Å². The Morgan fingerprint density at radius 1 is 1.25 bits per heavy atom. The minimum Gasteiger partial charge on any atom is -0.494 e. The van der Waals surface area contributed by atoms with Gasteiger partial charge in [-0.25, -0.2) is 4.98 Å². The van der Waals surface area contributed by atoms with Crippen molar-refractivity contribution in [2.45, 2.75) is 33.7 Å². The van der Waals surface area contributed by atoms with Crippen LogP contribution in [0.4, 0.5) is 0 Å². The first-order valence-corrected chi connectivity index (χ1v) is 7.74. The normalized spacial score (nSPS) is 13.2. The Balaban J connectivity index is 2.20. The van der Waals surface area contributed by atoms with Crippen molar-refractivity contribution in [1.29, 1.82) is 0 Å². The second-order valence-electron chi connectivity index (χ2n) is 5.87. The van der Waals surface area contributed by atoms with Crippen molar-refractivity contribution in [3.63, 3.8) is 0 Å². The Labute approximate surface area is 124 Å². The van der Waals surface area contributed by atoms with Crippen molar-refractivity contribution < 1.29 is 4.74 Å². The van der Waals surface area contributed by atoms with Gasteiger partial charge >= 0.3 is 0 Å². The van der Waals surface area contributed by atoms with Crippen LogP contribution in [0.2, 0.25) is 0 Å². The molecule has 0 fully saturated rings. The summed E-state index contributed by atoms with van der Waals surface area (Å²) in [5.41, 5.74) is 8.35. The molecule has 2 aromatic rings. The van der Waals surface area contributed by atoms with Crippen LogP contribution in [0.1, 0.15) is 38.7 Å². The molecule has 0 aliphatic heterocycles. The molecule has 1 aromatic carbocycles. The molecule has 0 bridgehead atoms. The Morgan fingerprint density at radius 3 is 2.45 bits per heavy atom. The average Bonchev–Trinajstić information content (AvgIpc) is 2.87. The van der Waals surface area contributed by atoms with E-state index >= 15 is 0 Å². The van der Waals surface area contributed by atoms with Crippen molar-refractivity contribution in [3.8, 4) is 17.0 Å². The number of hydrogen-bond acceptors (Lipinski definition) is 4. The van der Waals surface area contributed by atoms with Crippen molar-refractivity contribution in [2.24, 2.45) is 11.1 Å². The van der Waals surface area contributed by atoms with E-state index in [2.05, 4.69) is 31.1 Å². The number of benzene rings is 1. The lowest BCUT2D eigenvalue weighted by Gasteiger charge is -2.24. The van der Waals surface area contributed by atoms with E-state index in [1.54, 1.807) is 11.3 Å². The summed E-state index contributed by atoms with van der Waals surface area (Å²) in [4.78, 5) is 4.68. The predicted octanol–water partition coefficient (Wildman–Crippen LogP) is 4.25. The number of ether oxygens (including phenoxy) is 1. The molecule has 0 radical (unpaired) electrons. The average molecular weight is 290 g/mol. The van der Waals surface area contributed by atoms with Crippen LogP contribution in [0.25, 0.3) is 11.3 Å². The van der Waals surface area contributed by atoms with Crippen LogP contribution in [-0.2, 0) is 0 Å². The van der Waals surface area contributed by atoms with Crippen LogP contribution < -0.4 is 10.5 Å². The minimum absolute atomic E-state index is 0.0218. The second kappa shape index (κ2) is 5.94. The molecule has 4 heteroatoms. The molecule has 1 heterocycles. The first kappa shape index (κ1) is 15.0. The maximum atomic E-state index is 6.26. The molecule has 0 amide bonds. The summed E-state index contributed by atoms with van der Waals surface area (Å²) in [6.07, 6.45) is 0. The number of nitrogens with zero attached hydrogens (tertiary/aromatic N) is 1. The maximum Gasteiger partial charge on any atom is 0.119 e. The molecule has 0 spiro atoms. The number of thiazole rings is 1. The highest BCUT2D eigenvalue weighted by Gasteiger charge is 2.25. The number of hydrogen-bond donors (Lipinski definition) is 1. The molecule has 1 atom stereocenters. The summed E-state index contributed by atoms with van der Waals surface area (Å²) in [6.45, 7) is 9.07. The highest BCUT2D eigenvalue weighted by molar-refractivity contribution is 7.10. The fourth-order valence-corrected chi connectivity index (χ4v) is 2.89. The molecule has 2 N–H and O–H groups in total. The van der Waals surface area contributed by atoms with Crippen molar-refractivity contribution >= 4 is 11.3 Å². The van der Waals surface area contributed by atoms with Gasteiger partial charge in [-0.2, -0.15) is 0 Å². The van der Waals surface area contributed by atoms with E-state index in [9.17, 15) is 0 Å². The molecule has 2 rings (SSSR count). The van der Waals surface area contributed by atoms with E-state index in [0.29, 0.717) is 6.61 Å². The number of rotatable bonds is 4. The number of nitrogens with two attached hydrogens (primary N) is 1. The lowest BCUT2D eigenvalue weighted by Crippen LogP contribution is -2.26. The topological polar surface area (TPSA) is 48.1 Å². The molecule has 0 saturated heterocycles. The third-order valence-corrected chi connectivity index (χ3v) is 4.11. The van der Waals surface area contributed by atoms with Gasteiger partial charge in [-0.15, -0.1) is 11.3 Å². The fourth-order valence-electron chi connectivity index (χ4n) is 1.82. The van der Waals surface area contributed by atoms with Crippen molar-refractivity contribution in [2.75, 3.05) is 6.61 Å². The van der Waals surface area contributed by atoms with Gasteiger partial charge in [0.1, 0.15) is 10.8 Å². The van der Waals surface area contributed by atoms with Gasteiger partial charge in [0, 0.05) is 10.9 Å². The zero-order valence-corrected chi connectivity index (χ0v) is 13.3. The summed E-state index contributed by atoms with van der Waals surface area (Å²) in [5, 5.41) is 3.05. The lowest BCUT2D eigenvalue weighted by molar-refractivity contribution is 0.326. The van der Waals surface area contributed by atoms with Gasteiger partial charge in [0.05, 0.1) is 18.3 Å². The lowest BCUT2D eigenvalue weighted by atomic mass is 9.88. The van der Waals surface area contributed by atoms with Crippen LogP contribution in [-0.4, -0.2) is 11.6 Å². The van der Waals surface area contributed by atoms with Gasteiger partial charge < -0.3 is 10.5 Å². The van der Waals surface area contributed by atoms with Crippen molar-refractivity contribution in [3.05, 3.63) is 34.7 Å². The first-order chi connectivity index (χ1) is 9.41. The van der Waals surface area contributed by atoms with Gasteiger partial charge in [-0.05, 0) is 36.6 Å². The third kappa shape index (κ3) is 3.38. The van der Waals surface area contributed by atoms with Crippen LogP contribution in [0.3, 0.4) is 0 Å². The van der Waals surface area contributed by atoms with Crippen LogP contribution in [0.15, 0.2) is 29.6 Å². The van der Waals surface area contributed by atoms with Crippen molar-refractivity contribution in [1.82, 2.24) is 4.98 Å². The monoisotopic (exact) mass is 290 g/mol. The standard InChI is InChI=1S/C16H22N2OS/c1-5-19-12-8-6-11(7-9-12)13-10-20-15(18-13)14(17)16(2,3)4/h6-10,14H,5,17H2,1-4H3. The van der Waals surface area contributed by atoms with Gasteiger partial charge in [-0.1, -0.05) is 20.8 Å². The smallest absolute Gasteiger partial charge is 0.119 e. The van der Waals surface area contributed by atoms with E-state index < -0.39 is 0 Å². The van der Waals surface area contributed by atoms with Crippen LogP contribution in [0, 0.1) is 5.41 Å². The highest BCUT2D eigenvalue weighted by atomic mass is 32.1. The molecular weight excluding hydrogens is 268 g/mol. The molecule has 1 aromatic heterocycles. The third-order valence-electron chi connectivity index (χ3n) is 3.18. The summed E-state index contributed by atoms with van der Waals surface area (Å²) < 4.78 is 5.45. The second-order valence-corrected chi connectivity index (χ2v) is 6.76. The molecule has 1 unspecified atom stereocenters. The minimum atomic E-state index is -0.0380. The molecule has 0 aliphatic rings. The Morgan fingerprint density at radius 2 is 1.90 bits per heavy atom. The predicted molar refractivity (Wildman–Crippen MR) is 85.1 cm³/mol. The zero-order chi connectivity index (χ0) is 14.8. The summed E-state index contributed by atoms with van der Waals surface area (Å²) in [6, 6.07) is 7.98. The summed E-state index contributed by atoms with van der Waals surface area (Å²) in [5.74, 6) is 0.887. The Bertz CT molecular complexity index is 555. The Kier molecular flexibility index (Phi) is 4.45. The SMILES string of the molecule is CCOc1ccc(-c2csc(C(N)C(C)(C)C)n2)cc1. The maximum absolute atomic E-state index is 6.26. The fraction of sp³-hybridized carbons (Fsp3) is 0.438. The molecule has 108 valence electrons. The molecule has 3 nitrogen and oxygen atoms in total. The Hall–Kier alpha value is -1.39. The summed E-state index contributed by atoms with van der Waals surface area (Å²) in [7, 11) is 0. The van der Waals surface area contributed by atoms with E-state index in [1.165, 1.54) is 0 Å². The summed E-state index contributed by atoms with van der Waals surface area (Å²) >= 11 is 1.63. The van der Waals surface area contributed by atoms with E-state index in [1.807, 2.05) is 31.2 Å². The number of aromatic nitrogens is 1. The molecule has 0 aliphatic carbocycles. The van der Waals surface area contributed by atoms with E-state index in [4.69, 9.17) is 10.5 Å². The van der Waals surface area contributed by atoms with E-state index in [0.717, 1.165) is 22.0 Å². The molecule has 20 heavy (non-hydrogen) atoms. The van der Waals surface area contributed by atoms with Crippen LogP contribution >= 0.6 is 11.3 Å². The van der Waals surface area contributed by atoms with E-state index in [-0.39, 0.29) is 11.5 Å². The highest BCUT2D eigenvalue weighted by Crippen LogP contribution is 2.34. The largest absolute Gasteiger partial charge is 0.494 e. The van der Waals surface area contributed by atoms with Gasteiger partial charge in [0.25, 0.3) is 0 Å². The molecular formula is C16H22N2OS. The van der Waals surface area contributed by atoms with Crippen LogP contribution in [0.5, 0.6) is 5.75 Å².